The summed E-state index contributed by atoms with van der Waals surface area (Å²) in [4.78, 5) is 15.4. The van der Waals surface area contributed by atoms with E-state index in [1.54, 1.807) is 12.1 Å². The number of benzene rings is 2. The summed E-state index contributed by atoms with van der Waals surface area (Å²) in [6, 6.07) is 14.9. The highest BCUT2D eigenvalue weighted by atomic mass is 32.2. The Bertz CT molecular complexity index is 1160. The average Bonchev–Trinajstić information content (AvgIpc) is 3.32. The van der Waals surface area contributed by atoms with Crippen molar-refractivity contribution in [1.82, 2.24) is 25.0 Å². The Morgan fingerprint density at radius 1 is 1.09 bits per heavy atom. The number of rotatable bonds is 7. The third-order valence-electron chi connectivity index (χ3n) is 7.09. The number of halogens is 1. The molecule has 2 heterocycles. The molecule has 2 atom stereocenters. The lowest BCUT2D eigenvalue weighted by molar-refractivity contribution is -0.119. The molecule has 2 aliphatic rings. The molecular weight excluding hydrogens is 461 g/mol. The molecule has 1 aliphatic carbocycles. The van der Waals surface area contributed by atoms with Crippen LogP contribution in [0.25, 0.3) is 5.69 Å². The van der Waals surface area contributed by atoms with E-state index >= 15 is 0 Å². The van der Waals surface area contributed by atoms with Crippen molar-refractivity contribution in [2.24, 2.45) is 0 Å². The number of nitrogens with one attached hydrogen (secondary N) is 1. The number of carbonyl (C=O) groups excluding carboxylic acids is 1. The van der Waals surface area contributed by atoms with Crippen molar-refractivity contribution in [3.05, 3.63) is 71.3 Å². The van der Waals surface area contributed by atoms with Gasteiger partial charge in [-0.1, -0.05) is 42.4 Å². The fourth-order valence-electron chi connectivity index (χ4n) is 5.22. The Hall–Kier alpha value is -2.71. The summed E-state index contributed by atoms with van der Waals surface area (Å²) >= 11 is 1.37. The van der Waals surface area contributed by atoms with Crippen LogP contribution in [0.3, 0.4) is 0 Å². The molecule has 1 fully saturated rings. The molecule has 6 nitrogen and oxygen atoms in total. The molecule has 1 aromatic heterocycles. The minimum Gasteiger partial charge on any atom is -0.349 e. The first-order valence-electron chi connectivity index (χ1n) is 12.6. The maximum absolute atomic E-state index is 13.7. The Morgan fingerprint density at radius 3 is 2.66 bits per heavy atom. The number of aromatic nitrogens is 3. The second-order valence-electron chi connectivity index (χ2n) is 9.43. The van der Waals surface area contributed by atoms with E-state index in [1.165, 1.54) is 54.3 Å². The van der Waals surface area contributed by atoms with Gasteiger partial charge in [0.2, 0.25) is 5.91 Å². The largest absolute Gasteiger partial charge is 0.349 e. The SMILES string of the molecule is C[C@@H](c1nnc(SCC(=O)N[C@@H]2CCCc3ccccc32)n1-c1ccc(F)cc1)N1CCCCC1. The van der Waals surface area contributed by atoms with E-state index in [2.05, 4.69) is 45.5 Å². The van der Waals surface area contributed by atoms with Gasteiger partial charge in [-0.15, -0.1) is 10.2 Å². The average molecular weight is 494 g/mol. The summed E-state index contributed by atoms with van der Waals surface area (Å²) in [7, 11) is 0. The number of fused-ring (bicyclic) bond motifs is 1. The van der Waals surface area contributed by atoms with E-state index < -0.39 is 0 Å². The van der Waals surface area contributed by atoms with Gasteiger partial charge in [-0.3, -0.25) is 14.3 Å². The highest BCUT2D eigenvalue weighted by Gasteiger charge is 2.26. The molecular formula is C27H32FN5OS. The quantitative estimate of drug-likeness (QED) is 0.456. The predicted molar refractivity (Wildman–Crippen MR) is 136 cm³/mol. The molecule has 0 saturated carbocycles. The van der Waals surface area contributed by atoms with Crippen molar-refractivity contribution in [2.45, 2.75) is 62.7 Å². The first-order chi connectivity index (χ1) is 17.1. The highest BCUT2D eigenvalue weighted by molar-refractivity contribution is 7.99. The number of thioether (sulfide) groups is 1. The van der Waals surface area contributed by atoms with Gasteiger partial charge in [0, 0.05) is 5.69 Å². The number of amides is 1. The third kappa shape index (κ3) is 5.43. The van der Waals surface area contributed by atoms with Crippen molar-refractivity contribution in [3.63, 3.8) is 0 Å². The Labute approximate surface area is 210 Å². The molecule has 1 amide bonds. The molecule has 0 unspecified atom stereocenters. The Morgan fingerprint density at radius 2 is 1.86 bits per heavy atom. The van der Waals surface area contributed by atoms with Gasteiger partial charge in [0.15, 0.2) is 11.0 Å². The first-order valence-corrected chi connectivity index (χ1v) is 13.5. The molecule has 0 spiro atoms. The number of carbonyl (C=O) groups is 1. The molecule has 8 heteroatoms. The second-order valence-corrected chi connectivity index (χ2v) is 10.4. The standard InChI is InChI=1S/C27H32FN5OS/c1-19(32-16-5-2-6-17-32)26-30-31-27(33(26)22-14-12-21(28)13-15-22)35-18-25(34)29-24-11-7-9-20-8-3-4-10-23(20)24/h3-4,8,10,12-15,19,24H,2,5-7,9,11,16-18H2,1H3,(H,29,34)/t19-,24+/m0/s1. The van der Waals surface area contributed by atoms with Gasteiger partial charge in [-0.05, 0) is 87.5 Å². The van der Waals surface area contributed by atoms with Crippen molar-refractivity contribution in [2.75, 3.05) is 18.8 Å². The summed E-state index contributed by atoms with van der Waals surface area (Å²) < 4.78 is 15.6. The molecule has 0 bridgehead atoms. The summed E-state index contributed by atoms with van der Waals surface area (Å²) in [5.74, 6) is 0.767. The smallest absolute Gasteiger partial charge is 0.230 e. The minimum absolute atomic E-state index is 0.0176. The van der Waals surface area contributed by atoms with Gasteiger partial charge in [-0.2, -0.15) is 0 Å². The zero-order valence-corrected chi connectivity index (χ0v) is 20.9. The van der Waals surface area contributed by atoms with Crippen LogP contribution >= 0.6 is 11.8 Å². The first kappa shape index (κ1) is 24.0. The molecule has 3 aromatic rings. The second kappa shape index (κ2) is 10.9. The van der Waals surface area contributed by atoms with Gasteiger partial charge in [-0.25, -0.2) is 4.39 Å². The van der Waals surface area contributed by atoms with Crippen LogP contribution in [0.5, 0.6) is 0 Å². The molecule has 2 aromatic carbocycles. The fraction of sp³-hybridized carbons (Fsp3) is 0.444. The van der Waals surface area contributed by atoms with Crippen molar-refractivity contribution in [3.8, 4) is 5.69 Å². The fourth-order valence-corrected chi connectivity index (χ4v) is 5.99. The van der Waals surface area contributed by atoms with Gasteiger partial charge >= 0.3 is 0 Å². The van der Waals surface area contributed by atoms with E-state index in [0.717, 1.165) is 43.9 Å². The normalized spacial score (nSPS) is 19.2. The van der Waals surface area contributed by atoms with Crippen LogP contribution in [0.15, 0.2) is 53.7 Å². The highest BCUT2D eigenvalue weighted by Crippen LogP contribution is 2.31. The van der Waals surface area contributed by atoms with Gasteiger partial charge in [0.05, 0.1) is 17.8 Å². The van der Waals surface area contributed by atoms with Crippen LogP contribution in [0.1, 0.15) is 68.1 Å². The van der Waals surface area contributed by atoms with Crippen molar-refractivity contribution < 1.29 is 9.18 Å². The van der Waals surface area contributed by atoms with E-state index in [1.807, 2.05) is 10.6 Å². The third-order valence-corrected chi connectivity index (χ3v) is 8.02. The van der Waals surface area contributed by atoms with Crippen LogP contribution in [-0.2, 0) is 11.2 Å². The summed E-state index contributed by atoms with van der Waals surface area (Å²) in [6.45, 7) is 4.22. The van der Waals surface area contributed by atoms with Crippen molar-refractivity contribution in [1.29, 1.82) is 0 Å². The maximum atomic E-state index is 13.7. The Kier molecular flexibility index (Phi) is 7.48. The topological polar surface area (TPSA) is 63.1 Å². The van der Waals surface area contributed by atoms with Crippen LogP contribution in [-0.4, -0.2) is 44.4 Å². The van der Waals surface area contributed by atoms with Crippen LogP contribution < -0.4 is 5.32 Å². The molecule has 1 N–H and O–H groups in total. The molecule has 35 heavy (non-hydrogen) atoms. The van der Waals surface area contributed by atoms with E-state index in [-0.39, 0.29) is 29.6 Å². The van der Waals surface area contributed by atoms with Gasteiger partial charge in [0.25, 0.3) is 0 Å². The molecule has 1 aliphatic heterocycles. The maximum Gasteiger partial charge on any atom is 0.230 e. The van der Waals surface area contributed by atoms with Gasteiger partial charge in [0.1, 0.15) is 5.82 Å². The summed E-state index contributed by atoms with van der Waals surface area (Å²) in [5.41, 5.74) is 3.35. The minimum atomic E-state index is -0.284. The zero-order chi connectivity index (χ0) is 24.2. The van der Waals surface area contributed by atoms with Crippen molar-refractivity contribution >= 4 is 17.7 Å². The van der Waals surface area contributed by atoms with E-state index in [9.17, 15) is 9.18 Å². The van der Waals surface area contributed by atoms with Crippen LogP contribution in [0.2, 0.25) is 0 Å². The monoisotopic (exact) mass is 493 g/mol. The number of aryl methyl sites for hydroxylation is 1. The lowest BCUT2D eigenvalue weighted by atomic mass is 9.88. The van der Waals surface area contributed by atoms with Crippen LogP contribution in [0, 0.1) is 5.82 Å². The summed E-state index contributed by atoms with van der Waals surface area (Å²) in [5, 5.41) is 12.9. The van der Waals surface area contributed by atoms with Gasteiger partial charge < -0.3 is 5.32 Å². The number of hydrogen-bond acceptors (Lipinski definition) is 5. The zero-order valence-electron chi connectivity index (χ0n) is 20.1. The number of piperidine rings is 1. The number of nitrogens with zero attached hydrogens (tertiary/aromatic N) is 4. The number of likely N-dealkylation sites (tertiary alicyclic amines) is 1. The molecule has 0 radical (unpaired) electrons. The lowest BCUT2D eigenvalue weighted by Gasteiger charge is -2.31. The molecule has 5 rings (SSSR count). The van der Waals surface area contributed by atoms with E-state index in [4.69, 9.17) is 0 Å². The summed E-state index contributed by atoms with van der Waals surface area (Å²) in [6.07, 6.45) is 6.72. The lowest BCUT2D eigenvalue weighted by Crippen LogP contribution is -2.33. The van der Waals surface area contributed by atoms with E-state index in [0.29, 0.717) is 5.16 Å². The predicted octanol–water partition coefficient (Wildman–Crippen LogP) is 5.24. The number of hydrogen-bond donors (Lipinski definition) is 1. The molecule has 1 saturated heterocycles. The molecule has 184 valence electrons. The Balaban J connectivity index is 1.33. The van der Waals surface area contributed by atoms with Crippen LogP contribution in [0.4, 0.5) is 4.39 Å².